The molecule has 0 saturated carbocycles. The quantitative estimate of drug-likeness (QED) is 0.465. The molecule has 1 aliphatic heterocycles. The van der Waals surface area contributed by atoms with Crippen LogP contribution < -0.4 is 5.32 Å². The van der Waals surface area contributed by atoms with Crippen LogP contribution in [0.4, 0.5) is 18.9 Å². The Hall–Kier alpha value is -3.83. The summed E-state index contributed by atoms with van der Waals surface area (Å²) >= 11 is 0. The number of amides is 1. The van der Waals surface area contributed by atoms with Gasteiger partial charge in [-0.05, 0) is 24.3 Å². The summed E-state index contributed by atoms with van der Waals surface area (Å²) in [6.07, 6.45) is -1.63. The smallest absolute Gasteiger partial charge is 0.379 e. The predicted molar refractivity (Wildman–Crippen MR) is 122 cm³/mol. The SMILES string of the molecule is O=C(Nc1cnn2ccc(-c3ccccc3C(F)(F)F)nc12)c1cccc(CN2CCOCC2)n1. The number of morpholine rings is 1. The van der Waals surface area contributed by atoms with Crippen LogP contribution in [0.3, 0.4) is 0 Å². The van der Waals surface area contributed by atoms with Gasteiger partial charge in [-0.2, -0.15) is 18.3 Å². The summed E-state index contributed by atoms with van der Waals surface area (Å²) in [5, 5.41) is 6.88. The summed E-state index contributed by atoms with van der Waals surface area (Å²) in [4.78, 5) is 23.9. The van der Waals surface area contributed by atoms with Gasteiger partial charge in [-0.1, -0.05) is 24.3 Å². The third kappa shape index (κ3) is 5.00. The minimum atomic E-state index is -4.53. The van der Waals surface area contributed by atoms with Crippen LogP contribution >= 0.6 is 0 Å². The Balaban J connectivity index is 1.40. The molecule has 35 heavy (non-hydrogen) atoms. The predicted octanol–water partition coefficient (Wildman–Crippen LogP) is 3.89. The molecule has 0 bridgehead atoms. The minimum absolute atomic E-state index is 0.0570. The van der Waals surface area contributed by atoms with Gasteiger partial charge in [-0.15, -0.1) is 0 Å². The monoisotopic (exact) mass is 482 g/mol. The highest BCUT2D eigenvalue weighted by atomic mass is 19.4. The van der Waals surface area contributed by atoms with Gasteiger partial charge in [0, 0.05) is 31.4 Å². The lowest BCUT2D eigenvalue weighted by molar-refractivity contribution is -0.137. The van der Waals surface area contributed by atoms with E-state index < -0.39 is 17.6 Å². The number of nitrogens with one attached hydrogen (secondary N) is 1. The fourth-order valence-corrected chi connectivity index (χ4v) is 3.93. The van der Waals surface area contributed by atoms with Crippen LogP contribution in [0.1, 0.15) is 21.7 Å². The number of ether oxygens (including phenoxy) is 1. The van der Waals surface area contributed by atoms with Crippen molar-refractivity contribution in [1.82, 2.24) is 24.5 Å². The lowest BCUT2D eigenvalue weighted by Gasteiger charge is -2.26. The van der Waals surface area contributed by atoms with Crippen LogP contribution in [-0.2, 0) is 17.5 Å². The van der Waals surface area contributed by atoms with E-state index in [0.717, 1.165) is 24.8 Å². The molecule has 8 nitrogen and oxygen atoms in total. The van der Waals surface area contributed by atoms with Gasteiger partial charge in [0.2, 0.25) is 0 Å². The van der Waals surface area contributed by atoms with Crippen molar-refractivity contribution in [1.29, 1.82) is 0 Å². The van der Waals surface area contributed by atoms with Gasteiger partial charge in [0.1, 0.15) is 11.4 Å². The zero-order valence-corrected chi connectivity index (χ0v) is 18.5. The van der Waals surface area contributed by atoms with Crippen molar-refractivity contribution < 1.29 is 22.7 Å². The van der Waals surface area contributed by atoms with E-state index in [1.807, 2.05) is 6.07 Å². The molecule has 180 valence electrons. The number of hydrogen-bond acceptors (Lipinski definition) is 6. The van der Waals surface area contributed by atoms with Gasteiger partial charge in [-0.3, -0.25) is 9.69 Å². The molecule has 0 aliphatic carbocycles. The second-order valence-electron chi connectivity index (χ2n) is 8.04. The van der Waals surface area contributed by atoms with Crippen molar-refractivity contribution in [3.05, 3.63) is 77.9 Å². The third-order valence-electron chi connectivity index (χ3n) is 5.65. The van der Waals surface area contributed by atoms with E-state index >= 15 is 0 Å². The van der Waals surface area contributed by atoms with E-state index in [1.54, 1.807) is 12.1 Å². The molecule has 1 amide bonds. The van der Waals surface area contributed by atoms with Gasteiger partial charge in [-0.25, -0.2) is 14.5 Å². The van der Waals surface area contributed by atoms with Crippen molar-refractivity contribution in [2.75, 3.05) is 31.6 Å². The minimum Gasteiger partial charge on any atom is -0.379 e. The van der Waals surface area contributed by atoms with Crippen molar-refractivity contribution in [3.8, 4) is 11.3 Å². The van der Waals surface area contributed by atoms with Crippen LogP contribution in [0.25, 0.3) is 16.9 Å². The Morgan fingerprint density at radius 1 is 1.03 bits per heavy atom. The Bertz CT molecular complexity index is 1360. The number of pyridine rings is 1. The summed E-state index contributed by atoms with van der Waals surface area (Å²) in [6.45, 7) is 3.53. The fourth-order valence-electron chi connectivity index (χ4n) is 3.93. The van der Waals surface area contributed by atoms with Crippen LogP contribution in [0.15, 0.2) is 60.9 Å². The van der Waals surface area contributed by atoms with Gasteiger partial charge >= 0.3 is 6.18 Å². The number of hydrogen-bond donors (Lipinski definition) is 1. The lowest BCUT2D eigenvalue weighted by atomic mass is 10.0. The first-order valence-electron chi connectivity index (χ1n) is 11.0. The molecule has 0 spiro atoms. The molecule has 4 heterocycles. The number of alkyl halides is 3. The number of halogens is 3. The van der Waals surface area contributed by atoms with Crippen molar-refractivity contribution >= 4 is 17.2 Å². The number of nitrogens with zero attached hydrogens (tertiary/aromatic N) is 5. The standard InChI is InChI=1S/C24H21F3N6O2/c25-24(26,27)18-6-2-1-5-17(18)19-8-9-33-22(30-19)21(14-28-33)31-23(34)20-7-3-4-16(29-20)15-32-10-12-35-13-11-32/h1-9,14H,10-13,15H2,(H,31,34). The maximum atomic E-state index is 13.5. The van der Waals surface area contributed by atoms with Crippen LogP contribution in [0.2, 0.25) is 0 Å². The van der Waals surface area contributed by atoms with E-state index in [4.69, 9.17) is 4.74 Å². The molecule has 1 fully saturated rings. The van der Waals surface area contributed by atoms with Crippen LogP contribution in [0, 0.1) is 0 Å². The summed E-state index contributed by atoms with van der Waals surface area (Å²) in [6, 6.07) is 11.9. The van der Waals surface area contributed by atoms with E-state index in [0.29, 0.717) is 19.8 Å². The Kier molecular flexibility index (Phi) is 6.18. The highest BCUT2D eigenvalue weighted by Crippen LogP contribution is 2.36. The zero-order chi connectivity index (χ0) is 24.4. The maximum absolute atomic E-state index is 13.5. The number of benzene rings is 1. The molecule has 0 unspecified atom stereocenters. The molecular formula is C24H21F3N6O2. The Labute approximate surface area is 198 Å². The zero-order valence-electron chi connectivity index (χ0n) is 18.5. The number of aromatic nitrogens is 4. The van der Waals surface area contributed by atoms with Crippen LogP contribution in [-0.4, -0.2) is 56.7 Å². The Morgan fingerprint density at radius 2 is 1.83 bits per heavy atom. The van der Waals surface area contributed by atoms with E-state index in [1.165, 1.54) is 41.2 Å². The molecule has 3 aromatic heterocycles. The molecule has 0 atom stereocenters. The summed E-state index contributed by atoms with van der Waals surface area (Å²) < 4.78 is 47.2. The molecule has 1 aliphatic rings. The topological polar surface area (TPSA) is 84.7 Å². The third-order valence-corrected chi connectivity index (χ3v) is 5.65. The molecule has 1 saturated heterocycles. The lowest BCUT2D eigenvalue weighted by Crippen LogP contribution is -2.36. The largest absolute Gasteiger partial charge is 0.417 e. The van der Waals surface area contributed by atoms with Crippen LogP contribution in [0.5, 0.6) is 0 Å². The molecule has 4 aromatic rings. The average molecular weight is 482 g/mol. The number of rotatable bonds is 5. The van der Waals surface area contributed by atoms with Gasteiger partial charge in [0.15, 0.2) is 5.65 Å². The molecule has 1 aromatic carbocycles. The van der Waals surface area contributed by atoms with Crippen molar-refractivity contribution in [2.45, 2.75) is 12.7 Å². The van der Waals surface area contributed by atoms with E-state index in [9.17, 15) is 18.0 Å². The van der Waals surface area contributed by atoms with Gasteiger partial charge in [0.25, 0.3) is 5.91 Å². The summed E-state index contributed by atoms with van der Waals surface area (Å²) in [5.41, 5.74) is 0.727. The van der Waals surface area contributed by atoms with Crippen molar-refractivity contribution in [2.24, 2.45) is 0 Å². The Morgan fingerprint density at radius 3 is 2.63 bits per heavy atom. The molecule has 5 rings (SSSR count). The highest BCUT2D eigenvalue weighted by molar-refractivity contribution is 6.04. The second kappa shape index (κ2) is 9.43. The van der Waals surface area contributed by atoms with E-state index in [-0.39, 0.29) is 28.3 Å². The second-order valence-corrected chi connectivity index (χ2v) is 8.04. The normalized spacial score (nSPS) is 14.8. The molecule has 11 heteroatoms. The maximum Gasteiger partial charge on any atom is 0.417 e. The fraction of sp³-hybridized carbons (Fsp3) is 0.250. The molecule has 1 N–H and O–H groups in total. The van der Waals surface area contributed by atoms with Crippen molar-refractivity contribution in [3.63, 3.8) is 0 Å². The number of fused-ring (bicyclic) bond motifs is 1. The summed E-state index contributed by atoms with van der Waals surface area (Å²) in [7, 11) is 0. The molecular weight excluding hydrogens is 461 g/mol. The average Bonchev–Trinajstić information content (AvgIpc) is 3.26. The first-order valence-corrected chi connectivity index (χ1v) is 11.0. The molecule has 0 radical (unpaired) electrons. The number of carbonyl (C=O) groups is 1. The van der Waals surface area contributed by atoms with Gasteiger partial charge < -0.3 is 10.1 Å². The summed E-state index contributed by atoms with van der Waals surface area (Å²) in [5.74, 6) is -0.466. The highest BCUT2D eigenvalue weighted by Gasteiger charge is 2.33. The van der Waals surface area contributed by atoms with Gasteiger partial charge in [0.05, 0.1) is 36.4 Å². The van der Waals surface area contributed by atoms with E-state index in [2.05, 4.69) is 25.3 Å². The first kappa shape index (κ1) is 22.9. The number of carbonyl (C=O) groups excluding carboxylic acids is 1. The first-order chi connectivity index (χ1) is 16.9. The number of anilines is 1.